The van der Waals surface area contributed by atoms with E-state index in [9.17, 15) is 13.2 Å². The lowest BCUT2D eigenvalue weighted by Crippen LogP contribution is -2.32. The van der Waals surface area contributed by atoms with Crippen molar-refractivity contribution in [2.24, 2.45) is 0 Å². The van der Waals surface area contributed by atoms with E-state index in [4.69, 9.17) is 4.74 Å². The first-order valence-electron chi connectivity index (χ1n) is 8.19. The molecule has 1 aliphatic rings. The Labute approximate surface area is 149 Å². The summed E-state index contributed by atoms with van der Waals surface area (Å²) in [4.78, 5) is 13.0. The maximum atomic E-state index is 13.0. The van der Waals surface area contributed by atoms with Crippen molar-refractivity contribution in [1.29, 1.82) is 0 Å². The lowest BCUT2D eigenvalue weighted by Gasteiger charge is -2.21. The Balaban J connectivity index is 2.09. The van der Waals surface area contributed by atoms with Crippen LogP contribution in [0.5, 0.6) is 0 Å². The van der Waals surface area contributed by atoms with Crippen molar-refractivity contribution in [2.45, 2.75) is 31.6 Å². The van der Waals surface area contributed by atoms with Gasteiger partial charge in [-0.05, 0) is 24.5 Å². The molecule has 1 atom stereocenters. The van der Waals surface area contributed by atoms with Crippen LogP contribution in [-0.4, -0.2) is 19.8 Å². The number of hydrogen-bond donors (Lipinski definition) is 1. The molecule has 0 saturated heterocycles. The van der Waals surface area contributed by atoms with Gasteiger partial charge in [0, 0.05) is 5.56 Å². The van der Waals surface area contributed by atoms with E-state index in [2.05, 4.69) is 0 Å². The first kappa shape index (κ1) is 17.4. The third-order valence-electron chi connectivity index (χ3n) is 4.53. The van der Waals surface area contributed by atoms with E-state index in [1.807, 2.05) is 44.2 Å². The second kappa shape index (κ2) is 6.84. The number of rotatable bonds is 5. The summed E-state index contributed by atoms with van der Waals surface area (Å²) < 4.78 is 27.8. The van der Waals surface area contributed by atoms with Crippen LogP contribution >= 0.6 is 0 Å². The molecule has 0 radical (unpaired) electrons. The molecule has 0 amide bonds. The summed E-state index contributed by atoms with van der Waals surface area (Å²) >= 11 is 0. The highest BCUT2D eigenvalue weighted by molar-refractivity contribution is 7.71. The first-order valence-corrected chi connectivity index (χ1v) is 9.55. The van der Waals surface area contributed by atoms with E-state index in [0.29, 0.717) is 23.3 Å². The first-order chi connectivity index (χ1) is 11.9. The highest BCUT2D eigenvalue weighted by Gasteiger charge is 2.44. The second-order valence-electron chi connectivity index (χ2n) is 6.27. The lowest BCUT2D eigenvalue weighted by molar-refractivity contribution is -0.126. The fraction of sp³-hybridized carbons (Fsp3) is 0.250. The molecule has 0 bridgehead atoms. The standard InChI is InChI=1S/C20H20O4S/c1-3-20(2)19(21)17(15-7-5-4-6-8-15)18(24-20)16-11-9-14(10-12-16)13-25(22)23/h4-12,25H,3,13H2,1-2H3. The fourth-order valence-corrected chi connectivity index (χ4v) is 3.41. The number of benzene rings is 2. The summed E-state index contributed by atoms with van der Waals surface area (Å²) in [7, 11) is -2.46. The number of Topliss-reactive ketones (excluding diaryl/α,β-unsaturated/α-hetero) is 1. The number of hydrogen-bond acceptors (Lipinski definition) is 4. The third-order valence-corrected chi connectivity index (χ3v) is 5.15. The maximum Gasteiger partial charge on any atom is 0.210 e. The maximum absolute atomic E-state index is 13.0. The van der Waals surface area contributed by atoms with E-state index in [0.717, 1.165) is 11.1 Å². The molecule has 0 saturated carbocycles. The number of ketones is 1. The van der Waals surface area contributed by atoms with Crippen LogP contribution in [0.3, 0.4) is 0 Å². The van der Waals surface area contributed by atoms with Crippen LogP contribution in [0.1, 0.15) is 37.0 Å². The van der Waals surface area contributed by atoms with Crippen molar-refractivity contribution >= 4 is 27.8 Å². The predicted molar refractivity (Wildman–Crippen MR) is 98.5 cm³/mol. The smallest absolute Gasteiger partial charge is 0.210 e. The summed E-state index contributed by atoms with van der Waals surface area (Å²) in [6, 6.07) is 16.6. The molecule has 0 aliphatic carbocycles. The van der Waals surface area contributed by atoms with Gasteiger partial charge in [0.05, 0.1) is 11.3 Å². The van der Waals surface area contributed by atoms with Crippen molar-refractivity contribution in [3.8, 4) is 0 Å². The SMILES string of the molecule is CCC1(C)OC(c2ccc(C[SH](=O)=O)cc2)=C(c2ccccc2)C1=O. The minimum Gasteiger partial charge on any atom is -0.478 e. The van der Waals surface area contributed by atoms with Gasteiger partial charge in [0.15, 0.2) is 5.60 Å². The third kappa shape index (κ3) is 3.37. The Hall–Kier alpha value is -2.40. The molecular weight excluding hydrogens is 336 g/mol. The van der Waals surface area contributed by atoms with Crippen LogP contribution < -0.4 is 0 Å². The van der Waals surface area contributed by atoms with E-state index in [-0.39, 0.29) is 11.5 Å². The number of carbonyl (C=O) groups is 1. The summed E-state index contributed by atoms with van der Waals surface area (Å²) in [6.07, 6.45) is 0.570. The Morgan fingerprint density at radius 3 is 2.16 bits per heavy atom. The predicted octanol–water partition coefficient (Wildman–Crippen LogP) is 3.43. The topological polar surface area (TPSA) is 60.4 Å². The Morgan fingerprint density at radius 2 is 1.60 bits per heavy atom. The molecule has 0 spiro atoms. The Morgan fingerprint density at radius 1 is 0.960 bits per heavy atom. The number of carbonyl (C=O) groups excluding carboxylic acids is 1. The monoisotopic (exact) mass is 356 g/mol. The van der Waals surface area contributed by atoms with Crippen LogP contribution in [0.2, 0.25) is 0 Å². The van der Waals surface area contributed by atoms with Crippen molar-refractivity contribution in [1.82, 2.24) is 0 Å². The van der Waals surface area contributed by atoms with Crippen molar-refractivity contribution < 1.29 is 17.9 Å². The van der Waals surface area contributed by atoms with Gasteiger partial charge in [-0.3, -0.25) is 4.79 Å². The van der Waals surface area contributed by atoms with Gasteiger partial charge in [0.1, 0.15) is 16.5 Å². The molecular formula is C20H20O4S. The normalized spacial score (nSPS) is 20.2. The van der Waals surface area contributed by atoms with Crippen LogP contribution in [0.15, 0.2) is 54.6 Å². The summed E-state index contributed by atoms with van der Waals surface area (Å²) in [6.45, 7) is 3.74. The largest absolute Gasteiger partial charge is 0.478 e. The summed E-state index contributed by atoms with van der Waals surface area (Å²) in [5.41, 5.74) is 2.01. The molecule has 4 nitrogen and oxygen atoms in total. The van der Waals surface area contributed by atoms with E-state index in [1.165, 1.54) is 0 Å². The molecule has 3 rings (SSSR count). The minimum atomic E-state index is -2.46. The molecule has 0 aromatic heterocycles. The van der Waals surface area contributed by atoms with Gasteiger partial charge in [-0.15, -0.1) is 0 Å². The van der Waals surface area contributed by atoms with Crippen molar-refractivity contribution in [3.63, 3.8) is 0 Å². The second-order valence-corrected chi connectivity index (χ2v) is 7.26. The zero-order chi connectivity index (χ0) is 18.0. The molecule has 2 aromatic carbocycles. The number of ether oxygens (including phenoxy) is 1. The summed E-state index contributed by atoms with van der Waals surface area (Å²) in [5, 5.41) is 0. The molecule has 5 heteroatoms. The quantitative estimate of drug-likeness (QED) is 0.834. The average molecular weight is 356 g/mol. The van der Waals surface area contributed by atoms with Crippen LogP contribution in [0, 0.1) is 0 Å². The molecule has 25 heavy (non-hydrogen) atoms. The Bertz CT molecular complexity index is 887. The van der Waals surface area contributed by atoms with Gasteiger partial charge in [-0.2, -0.15) is 0 Å². The Kier molecular flexibility index (Phi) is 4.77. The molecule has 0 N–H and O–H groups in total. The van der Waals surface area contributed by atoms with Crippen molar-refractivity contribution in [3.05, 3.63) is 71.3 Å². The van der Waals surface area contributed by atoms with Gasteiger partial charge in [0.25, 0.3) is 0 Å². The van der Waals surface area contributed by atoms with Gasteiger partial charge in [0.2, 0.25) is 5.78 Å². The summed E-state index contributed by atoms with van der Waals surface area (Å²) in [5.74, 6) is 0.536. The van der Waals surface area contributed by atoms with E-state index < -0.39 is 16.3 Å². The van der Waals surface area contributed by atoms with Gasteiger partial charge in [-0.25, -0.2) is 8.42 Å². The zero-order valence-corrected chi connectivity index (χ0v) is 15.1. The van der Waals surface area contributed by atoms with E-state index in [1.54, 1.807) is 24.3 Å². The van der Waals surface area contributed by atoms with Gasteiger partial charge < -0.3 is 4.74 Å². The average Bonchev–Trinajstić information content (AvgIpc) is 2.88. The van der Waals surface area contributed by atoms with E-state index >= 15 is 0 Å². The minimum absolute atomic E-state index is 0.00661. The van der Waals surface area contributed by atoms with Crippen molar-refractivity contribution in [2.75, 3.05) is 0 Å². The van der Waals surface area contributed by atoms with Gasteiger partial charge >= 0.3 is 0 Å². The molecule has 1 unspecified atom stereocenters. The highest BCUT2D eigenvalue weighted by atomic mass is 32.2. The lowest BCUT2D eigenvalue weighted by atomic mass is 9.90. The molecule has 1 aliphatic heterocycles. The van der Waals surface area contributed by atoms with Crippen LogP contribution in [-0.2, 0) is 26.0 Å². The molecule has 2 aromatic rings. The highest BCUT2D eigenvalue weighted by Crippen LogP contribution is 2.42. The zero-order valence-electron chi connectivity index (χ0n) is 14.2. The fourth-order valence-electron chi connectivity index (χ4n) is 2.90. The van der Waals surface area contributed by atoms with Crippen LogP contribution in [0.4, 0.5) is 0 Å². The van der Waals surface area contributed by atoms with Crippen LogP contribution in [0.25, 0.3) is 11.3 Å². The molecule has 0 fully saturated rings. The molecule has 1 heterocycles. The molecule has 130 valence electrons. The van der Waals surface area contributed by atoms with Gasteiger partial charge in [-0.1, -0.05) is 61.5 Å². The number of thiol groups is 1.